The summed E-state index contributed by atoms with van der Waals surface area (Å²) in [6.07, 6.45) is 0.206. The van der Waals surface area contributed by atoms with Gasteiger partial charge in [-0.25, -0.2) is 4.79 Å². The summed E-state index contributed by atoms with van der Waals surface area (Å²) in [4.78, 5) is 22.9. The first-order valence-electron chi connectivity index (χ1n) is 5.35. The summed E-state index contributed by atoms with van der Waals surface area (Å²) >= 11 is 0. The number of ether oxygens (including phenoxy) is 1. The summed E-state index contributed by atoms with van der Waals surface area (Å²) in [5.74, 6) is -0.484. The van der Waals surface area contributed by atoms with Crippen molar-refractivity contribution in [3.63, 3.8) is 0 Å². The first-order chi connectivity index (χ1) is 7.20. The number of rotatable bonds is 5. The van der Waals surface area contributed by atoms with Crippen LogP contribution in [0.2, 0.25) is 0 Å². The number of esters is 1. The molecule has 0 spiro atoms. The molecule has 0 aromatic rings. The summed E-state index contributed by atoms with van der Waals surface area (Å²) in [7, 11) is 1.29. The largest absolute Gasteiger partial charge is 0.467 e. The molecule has 1 amide bonds. The minimum absolute atomic E-state index is 0.201. The quantitative estimate of drug-likeness (QED) is 0.671. The van der Waals surface area contributed by atoms with Crippen LogP contribution in [0.5, 0.6) is 0 Å². The van der Waals surface area contributed by atoms with E-state index in [1.54, 1.807) is 13.8 Å². The van der Waals surface area contributed by atoms with Gasteiger partial charge in [0.15, 0.2) is 0 Å². The van der Waals surface area contributed by atoms with Crippen molar-refractivity contribution in [3.05, 3.63) is 0 Å². The molecule has 0 fully saturated rings. The lowest BCUT2D eigenvalue weighted by molar-refractivity contribution is -0.149. The zero-order valence-electron chi connectivity index (χ0n) is 10.7. The molecule has 5 heteroatoms. The molecule has 94 valence electrons. The van der Waals surface area contributed by atoms with Crippen LogP contribution >= 0.6 is 0 Å². The number of nitrogens with one attached hydrogen (secondary N) is 1. The van der Waals surface area contributed by atoms with Gasteiger partial charge in [0.25, 0.3) is 0 Å². The second kappa shape index (κ2) is 5.84. The van der Waals surface area contributed by atoms with Gasteiger partial charge in [-0.05, 0) is 19.8 Å². The zero-order chi connectivity index (χ0) is 12.9. The molecule has 0 bridgehead atoms. The smallest absolute Gasteiger partial charge is 0.330 e. The molecule has 0 radical (unpaired) electrons. The molecule has 0 saturated carbocycles. The maximum atomic E-state index is 11.6. The highest BCUT2D eigenvalue weighted by atomic mass is 16.5. The normalized spacial score (nSPS) is 13.4. The Labute approximate surface area is 96.7 Å². The van der Waals surface area contributed by atoms with E-state index in [1.165, 1.54) is 7.11 Å². The van der Waals surface area contributed by atoms with Crippen LogP contribution in [0.15, 0.2) is 0 Å². The molecule has 0 aliphatic carbocycles. The molecule has 1 atom stereocenters. The molecule has 1 unspecified atom stereocenters. The summed E-state index contributed by atoms with van der Waals surface area (Å²) < 4.78 is 4.58. The average Bonchev–Trinajstić information content (AvgIpc) is 2.14. The third kappa shape index (κ3) is 4.61. The molecule has 0 heterocycles. The molecular formula is C11H22N2O3. The van der Waals surface area contributed by atoms with E-state index in [9.17, 15) is 9.59 Å². The van der Waals surface area contributed by atoms with E-state index in [4.69, 9.17) is 5.73 Å². The van der Waals surface area contributed by atoms with Crippen LogP contribution in [-0.4, -0.2) is 30.6 Å². The summed E-state index contributed by atoms with van der Waals surface area (Å²) in [6.45, 7) is 7.09. The Balaban J connectivity index is 4.29. The van der Waals surface area contributed by atoms with Gasteiger partial charge in [0.05, 0.1) is 7.11 Å². The van der Waals surface area contributed by atoms with Gasteiger partial charge in [0.2, 0.25) is 5.91 Å². The van der Waals surface area contributed by atoms with Gasteiger partial charge in [-0.2, -0.15) is 0 Å². The molecule has 16 heavy (non-hydrogen) atoms. The second-order valence-corrected chi connectivity index (χ2v) is 4.78. The Kier molecular flexibility index (Phi) is 5.44. The monoisotopic (exact) mass is 230 g/mol. The van der Waals surface area contributed by atoms with Gasteiger partial charge in [-0.1, -0.05) is 13.8 Å². The van der Waals surface area contributed by atoms with Crippen molar-refractivity contribution in [1.82, 2.24) is 5.32 Å². The number of amides is 1. The highest BCUT2D eigenvalue weighted by Gasteiger charge is 2.30. The number of carbonyl (C=O) groups excluding carboxylic acids is 2. The number of hydrogen-bond acceptors (Lipinski definition) is 4. The maximum absolute atomic E-state index is 11.6. The lowest BCUT2D eigenvalue weighted by Crippen LogP contribution is -2.51. The van der Waals surface area contributed by atoms with Crippen LogP contribution < -0.4 is 11.1 Å². The van der Waals surface area contributed by atoms with E-state index in [-0.39, 0.29) is 24.3 Å². The van der Waals surface area contributed by atoms with E-state index in [1.807, 2.05) is 13.8 Å². The summed E-state index contributed by atoms with van der Waals surface area (Å²) in [5.41, 5.74) is 4.76. The number of nitrogens with two attached hydrogens (primary N) is 1. The number of methoxy groups -OCH3 is 1. The second-order valence-electron chi connectivity index (χ2n) is 4.78. The van der Waals surface area contributed by atoms with E-state index in [0.29, 0.717) is 0 Å². The fraction of sp³-hybridized carbons (Fsp3) is 0.818. The minimum Gasteiger partial charge on any atom is -0.467 e. The van der Waals surface area contributed by atoms with E-state index in [2.05, 4.69) is 10.1 Å². The fourth-order valence-corrected chi connectivity index (χ4v) is 1.16. The van der Waals surface area contributed by atoms with Gasteiger partial charge < -0.3 is 15.8 Å². The third-order valence-electron chi connectivity index (χ3n) is 2.43. The SMILES string of the molecule is COC(=O)C(C)(C)NC(=O)CC(N)C(C)C. The van der Waals surface area contributed by atoms with Gasteiger partial charge in [0.1, 0.15) is 5.54 Å². The summed E-state index contributed by atoms with van der Waals surface area (Å²) in [5, 5.41) is 2.60. The molecule has 0 aliphatic rings. The average molecular weight is 230 g/mol. The maximum Gasteiger partial charge on any atom is 0.330 e. The standard InChI is InChI=1S/C11H22N2O3/c1-7(2)8(12)6-9(14)13-11(3,4)10(15)16-5/h7-8H,6,12H2,1-5H3,(H,13,14). The van der Waals surface area contributed by atoms with Crippen molar-refractivity contribution in [2.45, 2.75) is 45.7 Å². The topological polar surface area (TPSA) is 81.4 Å². The lowest BCUT2D eigenvalue weighted by atomic mass is 10.00. The minimum atomic E-state index is -1.01. The highest BCUT2D eigenvalue weighted by Crippen LogP contribution is 2.07. The molecule has 0 aliphatic heterocycles. The van der Waals surface area contributed by atoms with Gasteiger partial charge >= 0.3 is 5.97 Å². The fourth-order valence-electron chi connectivity index (χ4n) is 1.16. The van der Waals surface area contributed by atoms with Crippen LogP contribution in [0, 0.1) is 5.92 Å². The highest BCUT2D eigenvalue weighted by molar-refractivity contribution is 5.87. The Hall–Kier alpha value is -1.10. The zero-order valence-corrected chi connectivity index (χ0v) is 10.7. The Morgan fingerprint density at radius 1 is 1.38 bits per heavy atom. The third-order valence-corrected chi connectivity index (χ3v) is 2.43. The van der Waals surface area contributed by atoms with Crippen LogP contribution in [0.3, 0.4) is 0 Å². The van der Waals surface area contributed by atoms with E-state index in [0.717, 1.165) is 0 Å². The molecule has 0 aromatic carbocycles. The molecule has 0 saturated heterocycles. The Bertz CT molecular complexity index is 262. The Morgan fingerprint density at radius 3 is 2.25 bits per heavy atom. The summed E-state index contributed by atoms with van der Waals surface area (Å²) in [6, 6.07) is -0.201. The van der Waals surface area contributed by atoms with Crippen molar-refractivity contribution >= 4 is 11.9 Å². The number of hydrogen-bond donors (Lipinski definition) is 2. The molecule has 3 N–H and O–H groups in total. The Morgan fingerprint density at radius 2 is 1.88 bits per heavy atom. The van der Waals surface area contributed by atoms with Crippen LogP contribution in [0.4, 0.5) is 0 Å². The first kappa shape index (κ1) is 14.9. The van der Waals surface area contributed by atoms with Gasteiger partial charge in [-0.3, -0.25) is 4.79 Å². The van der Waals surface area contributed by atoms with E-state index < -0.39 is 11.5 Å². The van der Waals surface area contributed by atoms with Crippen LogP contribution in [0.25, 0.3) is 0 Å². The molecule has 0 aromatic heterocycles. The molecule has 5 nitrogen and oxygen atoms in total. The van der Waals surface area contributed by atoms with E-state index >= 15 is 0 Å². The number of carbonyl (C=O) groups is 2. The van der Waals surface area contributed by atoms with Crippen molar-refractivity contribution in [3.8, 4) is 0 Å². The van der Waals surface area contributed by atoms with Crippen molar-refractivity contribution < 1.29 is 14.3 Å². The molecule has 0 rings (SSSR count). The first-order valence-corrected chi connectivity index (χ1v) is 5.35. The van der Waals surface area contributed by atoms with Crippen LogP contribution in [0.1, 0.15) is 34.1 Å². The lowest BCUT2D eigenvalue weighted by Gasteiger charge is -2.24. The van der Waals surface area contributed by atoms with Crippen molar-refractivity contribution in [2.24, 2.45) is 11.7 Å². The predicted octanol–water partition coefficient (Wildman–Crippen LogP) is 0.428. The van der Waals surface area contributed by atoms with Crippen LogP contribution in [-0.2, 0) is 14.3 Å². The van der Waals surface area contributed by atoms with Gasteiger partial charge in [0, 0.05) is 12.5 Å². The van der Waals surface area contributed by atoms with Crippen molar-refractivity contribution in [2.75, 3.05) is 7.11 Å². The van der Waals surface area contributed by atoms with Gasteiger partial charge in [-0.15, -0.1) is 0 Å². The van der Waals surface area contributed by atoms with Crippen molar-refractivity contribution in [1.29, 1.82) is 0 Å². The predicted molar refractivity (Wildman–Crippen MR) is 61.7 cm³/mol. The molecular weight excluding hydrogens is 208 g/mol.